The number of hydrogen-bond acceptors (Lipinski definition) is 3. The molecule has 1 amide bonds. The Bertz CT molecular complexity index is 368. The Kier molecular flexibility index (Phi) is 7.04. The van der Waals surface area contributed by atoms with Crippen LogP contribution in [0.4, 0.5) is 4.79 Å². The van der Waals surface area contributed by atoms with Crippen molar-refractivity contribution >= 4 is 6.09 Å². The molecule has 4 nitrogen and oxygen atoms in total. The van der Waals surface area contributed by atoms with Gasteiger partial charge in [-0.15, -0.1) is 12.3 Å². The monoisotopic (exact) mass is 294 g/mol. The summed E-state index contributed by atoms with van der Waals surface area (Å²) in [4.78, 5) is 11.8. The fourth-order valence-corrected chi connectivity index (χ4v) is 2.80. The SMILES string of the molecule is C#CCC(C)NC1CCCCC1CNC(=O)OC(C)(C)C. The smallest absolute Gasteiger partial charge is 0.407 e. The Morgan fingerprint density at radius 1 is 1.38 bits per heavy atom. The summed E-state index contributed by atoms with van der Waals surface area (Å²) < 4.78 is 5.29. The van der Waals surface area contributed by atoms with Crippen LogP contribution >= 0.6 is 0 Å². The molecule has 0 aromatic heterocycles. The van der Waals surface area contributed by atoms with Crippen LogP contribution in [0.25, 0.3) is 0 Å². The first-order chi connectivity index (χ1) is 9.81. The largest absolute Gasteiger partial charge is 0.444 e. The average Bonchev–Trinajstić information content (AvgIpc) is 2.36. The van der Waals surface area contributed by atoms with Gasteiger partial charge in [0.05, 0.1) is 0 Å². The number of carbonyl (C=O) groups is 1. The second-order valence-corrected chi connectivity index (χ2v) is 7.01. The number of amides is 1. The number of ether oxygens (including phenoxy) is 1. The van der Waals surface area contributed by atoms with Gasteiger partial charge in [-0.1, -0.05) is 12.8 Å². The highest BCUT2D eigenvalue weighted by atomic mass is 16.6. The van der Waals surface area contributed by atoms with E-state index in [9.17, 15) is 4.79 Å². The topological polar surface area (TPSA) is 50.4 Å². The molecule has 21 heavy (non-hydrogen) atoms. The van der Waals surface area contributed by atoms with Crippen molar-refractivity contribution in [2.45, 2.75) is 77.5 Å². The van der Waals surface area contributed by atoms with Crippen LogP contribution in [0.3, 0.4) is 0 Å². The highest BCUT2D eigenvalue weighted by molar-refractivity contribution is 5.67. The van der Waals surface area contributed by atoms with E-state index in [0.29, 0.717) is 24.5 Å². The Hall–Kier alpha value is -1.21. The summed E-state index contributed by atoms with van der Waals surface area (Å²) in [7, 11) is 0. The molecule has 0 aromatic carbocycles. The molecular formula is C17H30N2O2. The van der Waals surface area contributed by atoms with E-state index in [1.807, 2.05) is 20.8 Å². The quantitative estimate of drug-likeness (QED) is 0.766. The molecule has 0 heterocycles. The van der Waals surface area contributed by atoms with Crippen molar-refractivity contribution < 1.29 is 9.53 Å². The summed E-state index contributed by atoms with van der Waals surface area (Å²) in [6.07, 6.45) is 10.5. The van der Waals surface area contributed by atoms with E-state index < -0.39 is 5.60 Å². The molecule has 1 saturated carbocycles. The van der Waals surface area contributed by atoms with Gasteiger partial charge in [-0.05, 0) is 46.5 Å². The molecule has 1 aliphatic carbocycles. The van der Waals surface area contributed by atoms with Crippen molar-refractivity contribution in [3.05, 3.63) is 0 Å². The summed E-state index contributed by atoms with van der Waals surface area (Å²) in [6, 6.07) is 0.749. The molecule has 0 saturated heterocycles. The van der Waals surface area contributed by atoms with E-state index in [4.69, 9.17) is 11.2 Å². The molecule has 2 N–H and O–H groups in total. The fraction of sp³-hybridized carbons (Fsp3) is 0.824. The standard InChI is InChI=1S/C17H30N2O2/c1-6-9-13(2)19-15-11-8-7-10-14(15)12-18-16(20)21-17(3,4)5/h1,13-15,19H,7-12H2,2-5H3,(H,18,20). The van der Waals surface area contributed by atoms with Crippen LogP contribution in [0.5, 0.6) is 0 Å². The van der Waals surface area contributed by atoms with Gasteiger partial charge in [0.25, 0.3) is 0 Å². The van der Waals surface area contributed by atoms with Gasteiger partial charge in [0.15, 0.2) is 0 Å². The van der Waals surface area contributed by atoms with E-state index in [1.54, 1.807) is 0 Å². The van der Waals surface area contributed by atoms with Gasteiger partial charge in [0, 0.05) is 25.0 Å². The molecule has 0 aliphatic heterocycles. The molecule has 0 bridgehead atoms. The Balaban J connectivity index is 2.43. The van der Waals surface area contributed by atoms with Crippen molar-refractivity contribution in [1.29, 1.82) is 0 Å². The third-order valence-electron chi connectivity index (χ3n) is 3.74. The molecule has 1 rings (SSSR count). The highest BCUT2D eigenvalue weighted by Crippen LogP contribution is 2.24. The van der Waals surface area contributed by atoms with Crippen LogP contribution in [0.2, 0.25) is 0 Å². The van der Waals surface area contributed by atoms with Crippen molar-refractivity contribution in [2.24, 2.45) is 5.92 Å². The fourth-order valence-electron chi connectivity index (χ4n) is 2.80. The van der Waals surface area contributed by atoms with Crippen LogP contribution in [-0.4, -0.2) is 30.3 Å². The normalized spacial score (nSPS) is 24.0. The number of nitrogens with one attached hydrogen (secondary N) is 2. The lowest BCUT2D eigenvalue weighted by molar-refractivity contribution is 0.0510. The first-order valence-corrected chi connectivity index (χ1v) is 7.98. The zero-order valence-electron chi connectivity index (χ0n) is 13.9. The van der Waals surface area contributed by atoms with Gasteiger partial charge in [-0.25, -0.2) is 4.79 Å². The first kappa shape index (κ1) is 17.8. The van der Waals surface area contributed by atoms with Crippen LogP contribution in [0.15, 0.2) is 0 Å². The summed E-state index contributed by atoms with van der Waals surface area (Å²) >= 11 is 0. The molecule has 0 aromatic rings. The van der Waals surface area contributed by atoms with Crippen molar-refractivity contribution in [3.63, 3.8) is 0 Å². The third kappa shape index (κ3) is 7.38. The van der Waals surface area contributed by atoms with Crippen LogP contribution in [0, 0.1) is 18.3 Å². The maximum absolute atomic E-state index is 11.8. The summed E-state index contributed by atoms with van der Waals surface area (Å²) in [5.74, 6) is 3.15. The number of terminal acetylenes is 1. The van der Waals surface area contributed by atoms with E-state index in [2.05, 4.69) is 23.5 Å². The lowest BCUT2D eigenvalue weighted by Crippen LogP contribution is -2.47. The van der Waals surface area contributed by atoms with Crippen LogP contribution in [-0.2, 0) is 4.74 Å². The lowest BCUT2D eigenvalue weighted by Gasteiger charge is -2.34. The maximum atomic E-state index is 11.8. The van der Waals surface area contributed by atoms with Crippen molar-refractivity contribution in [3.8, 4) is 12.3 Å². The molecular weight excluding hydrogens is 264 g/mol. The lowest BCUT2D eigenvalue weighted by atomic mass is 9.84. The number of alkyl carbamates (subject to hydrolysis) is 1. The second-order valence-electron chi connectivity index (χ2n) is 7.01. The third-order valence-corrected chi connectivity index (χ3v) is 3.74. The molecule has 3 atom stereocenters. The van der Waals surface area contributed by atoms with E-state index in [1.165, 1.54) is 12.8 Å². The van der Waals surface area contributed by atoms with Gasteiger partial charge >= 0.3 is 6.09 Å². The first-order valence-electron chi connectivity index (χ1n) is 7.98. The van der Waals surface area contributed by atoms with Crippen LogP contribution in [0.1, 0.15) is 59.8 Å². The second kappa shape index (κ2) is 8.29. The minimum Gasteiger partial charge on any atom is -0.444 e. The van der Waals surface area contributed by atoms with Gasteiger partial charge in [0.2, 0.25) is 0 Å². The molecule has 120 valence electrons. The summed E-state index contributed by atoms with van der Waals surface area (Å²) in [6.45, 7) is 8.40. The van der Waals surface area contributed by atoms with E-state index in [-0.39, 0.29) is 6.09 Å². The van der Waals surface area contributed by atoms with Crippen molar-refractivity contribution in [2.75, 3.05) is 6.54 Å². The molecule has 3 unspecified atom stereocenters. The van der Waals surface area contributed by atoms with E-state index in [0.717, 1.165) is 19.3 Å². The zero-order valence-corrected chi connectivity index (χ0v) is 13.9. The molecule has 0 spiro atoms. The van der Waals surface area contributed by atoms with Crippen molar-refractivity contribution in [1.82, 2.24) is 10.6 Å². The maximum Gasteiger partial charge on any atom is 0.407 e. The zero-order chi connectivity index (χ0) is 15.9. The Morgan fingerprint density at radius 2 is 2.05 bits per heavy atom. The predicted octanol–water partition coefficient (Wildman–Crippen LogP) is 3.07. The number of carbonyl (C=O) groups excluding carboxylic acids is 1. The summed E-state index contributed by atoms with van der Waals surface area (Å²) in [5.41, 5.74) is -0.449. The highest BCUT2D eigenvalue weighted by Gasteiger charge is 2.27. The van der Waals surface area contributed by atoms with Gasteiger partial charge in [-0.2, -0.15) is 0 Å². The predicted molar refractivity (Wildman–Crippen MR) is 86.0 cm³/mol. The molecule has 1 aliphatic rings. The van der Waals surface area contributed by atoms with E-state index >= 15 is 0 Å². The van der Waals surface area contributed by atoms with Gasteiger partial charge in [-0.3, -0.25) is 0 Å². The Morgan fingerprint density at radius 3 is 2.67 bits per heavy atom. The average molecular weight is 294 g/mol. The molecule has 4 heteroatoms. The van der Waals surface area contributed by atoms with Gasteiger partial charge in [0.1, 0.15) is 5.60 Å². The minimum absolute atomic E-state index is 0.321. The minimum atomic E-state index is -0.449. The number of rotatable bonds is 5. The van der Waals surface area contributed by atoms with Crippen LogP contribution < -0.4 is 10.6 Å². The molecule has 0 radical (unpaired) electrons. The molecule has 1 fully saturated rings. The Labute approximate surface area is 129 Å². The summed E-state index contributed by atoms with van der Waals surface area (Å²) in [5, 5.41) is 6.51. The van der Waals surface area contributed by atoms with Gasteiger partial charge < -0.3 is 15.4 Å². The number of hydrogen-bond donors (Lipinski definition) is 2.